The normalized spacial score (nSPS) is 17.6. The lowest BCUT2D eigenvalue weighted by atomic mass is 9.84. The smallest absolute Gasteiger partial charge is 0.230 e. The first-order chi connectivity index (χ1) is 7.70. The van der Waals surface area contributed by atoms with Crippen LogP contribution in [0.1, 0.15) is 52.4 Å². The zero-order chi connectivity index (χ0) is 12.0. The van der Waals surface area contributed by atoms with Crippen LogP contribution in [-0.2, 0) is 4.79 Å². The second kappa shape index (κ2) is 7.93. The van der Waals surface area contributed by atoms with Crippen molar-refractivity contribution in [1.82, 2.24) is 4.90 Å². The Labute approximate surface area is 112 Å². The predicted octanol–water partition coefficient (Wildman–Crippen LogP) is 2.58. The molecule has 0 aliphatic heterocycles. The Bertz CT molecular complexity index is 221. The first-order valence-electron chi connectivity index (χ1n) is 6.69. The van der Waals surface area contributed by atoms with Gasteiger partial charge in [0.15, 0.2) is 0 Å². The summed E-state index contributed by atoms with van der Waals surface area (Å²) in [6, 6.07) is 0. The van der Waals surface area contributed by atoms with E-state index in [-0.39, 0.29) is 17.8 Å². The third-order valence-corrected chi connectivity index (χ3v) is 3.68. The van der Waals surface area contributed by atoms with Crippen molar-refractivity contribution in [3.63, 3.8) is 0 Å². The van der Waals surface area contributed by atoms with Gasteiger partial charge in [0, 0.05) is 19.6 Å². The summed E-state index contributed by atoms with van der Waals surface area (Å²) in [5, 5.41) is 0. The lowest BCUT2D eigenvalue weighted by molar-refractivity contribution is -0.141. The maximum absolute atomic E-state index is 12.5. The van der Waals surface area contributed by atoms with E-state index in [4.69, 9.17) is 5.73 Å². The topological polar surface area (TPSA) is 46.3 Å². The third-order valence-electron chi connectivity index (χ3n) is 3.68. The second-order valence-corrected chi connectivity index (χ2v) is 4.98. The summed E-state index contributed by atoms with van der Waals surface area (Å²) in [7, 11) is 0. The van der Waals surface area contributed by atoms with Crippen LogP contribution >= 0.6 is 12.4 Å². The maximum atomic E-state index is 12.5. The van der Waals surface area contributed by atoms with Crippen LogP contribution in [0.25, 0.3) is 0 Å². The number of hydrogen-bond acceptors (Lipinski definition) is 2. The lowest BCUT2D eigenvalue weighted by Crippen LogP contribution is -2.47. The van der Waals surface area contributed by atoms with Crippen molar-refractivity contribution in [2.45, 2.75) is 52.4 Å². The predicted molar refractivity (Wildman–Crippen MR) is 74.4 cm³/mol. The minimum atomic E-state index is -0.218. The van der Waals surface area contributed by atoms with E-state index in [2.05, 4.69) is 13.8 Å². The molecule has 1 aliphatic carbocycles. The van der Waals surface area contributed by atoms with Gasteiger partial charge in [0.05, 0.1) is 5.41 Å². The average Bonchev–Trinajstić information content (AvgIpc) is 2.77. The van der Waals surface area contributed by atoms with E-state index in [1.165, 1.54) is 0 Å². The number of nitrogens with two attached hydrogens (primary N) is 1. The van der Waals surface area contributed by atoms with Crippen molar-refractivity contribution in [2.75, 3.05) is 19.6 Å². The van der Waals surface area contributed by atoms with Gasteiger partial charge in [0.25, 0.3) is 0 Å². The van der Waals surface area contributed by atoms with E-state index in [9.17, 15) is 4.79 Å². The molecule has 1 amide bonds. The van der Waals surface area contributed by atoms with Crippen molar-refractivity contribution in [3.05, 3.63) is 0 Å². The summed E-state index contributed by atoms with van der Waals surface area (Å²) in [6.07, 6.45) is 6.38. The summed E-state index contributed by atoms with van der Waals surface area (Å²) < 4.78 is 0. The number of hydrogen-bond donors (Lipinski definition) is 1. The van der Waals surface area contributed by atoms with E-state index in [0.717, 1.165) is 51.6 Å². The Balaban J connectivity index is 0.00000256. The molecule has 0 heterocycles. The molecule has 0 aromatic carbocycles. The Morgan fingerprint density at radius 2 is 1.65 bits per heavy atom. The van der Waals surface area contributed by atoms with Crippen LogP contribution in [0, 0.1) is 5.41 Å². The molecule has 0 aromatic heterocycles. The zero-order valence-corrected chi connectivity index (χ0v) is 12.0. The molecule has 1 aliphatic rings. The number of nitrogens with zero attached hydrogens (tertiary/aromatic N) is 1. The fourth-order valence-corrected chi connectivity index (χ4v) is 2.75. The molecule has 102 valence electrons. The van der Waals surface area contributed by atoms with Crippen molar-refractivity contribution < 1.29 is 4.79 Å². The monoisotopic (exact) mass is 262 g/mol. The number of rotatable bonds is 6. The van der Waals surface area contributed by atoms with Gasteiger partial charge in [-0.15, -0.1) is 12.4 Å². The molecule has 4 heteroatoms. The highest BCUT2D eigenvalue weighted by atomic mass is 35.5. The van der Waals surface area contributed by atoms with Crippen LogP contribution in [-0.4, -0.2) is 30.4 Å². The molecule has 0 saturated heterocycles. The molecule has 0 bridgehead atoms. The van der Waals surface area contributed by atoms with E-state index in [1.807, 2.05) is 4.90 Å². The molecular weight excluding hydrogens is 236 g/mol. The number of carbonyl (C=O) groups excluding carboxylic acids is 1. The summed E-state index contributed by atoms with van der Waals surface area (Å²) in [5.74, 6) is 0.316. The quantitative estimate of drug-likeness (QED) is 0.800. The molecule has 0 aromatic rings. The highest BCUT2D eigenvalue weighted by Crippen LogP contribution is 2.38. The van der Waals surface area contributed by atoms with Crippen LogP contribution < -0.4 is 5.73 Å². The Morgan fingerprint density at radius 1 is 1.18 bits per heavy atom. The molecule has 1 rings (SSSR count). The molecule has 1 saturated carbocycles. The van der Waals surface area contributed by atoms with E-state index in [0.29, 0.717) is 12.5 Å². The summed E-state index contributed by atoms with van der Waals surface area (Å²) in [6.45, 7) is 6.54. The summed E-state index contributed by atoms with van der Waals surface area (Å²) >= 11 is 0. The molecule has 0 radical (unpaired) electrons. The average molecular weight is 263 g/mol. The van der Waals surface area contributed by atoms with Gasteiger partial charge >= 0.3 is 0 Å². The SMILES string of the molecule is CCCN(CCC)C(=O)C1(CN)CCCC1.Cl. The van der Waals surface area contributed by atoms with Gasteiger partial charge in [-0.25, -0.2) is 0 Å². The number of carbonyl (C=O) groups is 1. The van der Waals surface area contributed by atoms with Gasteiger partial charge in [-0.3, -0.25) is 4.79 Å². The first-order valence-corrected chi connectivity index (χ1v) is 6.69. The summed E-state index contributed by atoms with van der Waals surface area (Å²) in [4.78, 5) is 14.6. The fraction of sp³-hybridized carbons (Fsp3) is 0.923. The van der Waals surface area contributed by atoms with E-state index in [1.54, 1.807) is 0 Å². The van der Waals surface area contributed by atoms with Gasteiger partial charge in [-0.05, 0) is 25.7 Å². The molecule has 3 nitrogen and oxygen atoms in total. The van der Waals surface area contributed by atoms with E-state index >= 15 is 0 Å². The molecule has 1 fully saturated rings. The number of amides is 1. The van der Waals surface area contributed by atoms with E-state index < -0.39 is 0 Å². The van der Waals surface area contributed by atoms with Crippen LogP contribution in [0.2, 0.25) is 0 Å². The van der Waals surface area contributed by atoms with Crippen molar-refractivity contribution >= 4 is 18.3 Å². The van der Waals surface area contributed by atoms with Gasteiger partial charge < -0.3 is 10.6 Å². The third kappa shape index (κ3) is 3.85. The number of halogens is 1. The molecule has 0 atom stereocenters. The van der Waals surface area contributed by atoms with Crippen molar-refractivity contribution in [2.24, 2.45) is 11.1 Å². The second-order valence-electron chi connectivity index (χ2n) is 4.98. The maximum Gasteiger partial charge on any atom is 0.230 e. The van der Waals surface area contributed by atoms with Crippen molar-refractivity contribution in [3.8, 4) is 0 Å². The van der Waals surface area contributed by atoms with Crippen LogP contribution in [0.3, 0.4) is 0 Å². The minimum Gasteiger partial charge on any atom is -0.342 e. The molecule has 0 spiro atoms. The molecule has 0 unspecified atom stereocenters. The van der Waals surface area contributed by atoms with Gasteiger partial charge in [-0.2, -0.15) is 0 Å². The molecule has 17 heavy (non-hydrogen) atoms. The van der Waals surface area contributed by atoms with Crippen LogP contribution in [0.15, 0.2) is 0 Å². The standard InChI is InChI=1S/C13H26N2O.ClH/c1-3-9-15(10-4-2)12(16)13(11-14)7-5-6-8-13;/h3-11,14H2,1-2H3;1H. The summed E-state index contributed by atoms with van der Waals surface area (Å²) in [5.41, 5.74) is 5.63. The van der Waals surface area contributed by atoms with Crippen LogP contribution in [0.5, 0.6) is 0 Å². The zero-order valence-electron chi connectivity index (χ0n) is 11.2. The fourth-order valence-electron chi connectivity index (χ4n) is 2.75. The highest BCUT2D eigenvalue weighted by Gasteiger charge is 2.41. The molecule has 2 N–H and O–H groups in total. The van der Waals surface area contributed by atoms with Gasteiger partial charge in [0.2, 0.25) is 5.91 Å². The minimum absolute atomic E-state index is 0. The van der Waals surface area contributed by atoms with Crippen molar-refractivity contribution in [1.29, 1.82) is 0 Å². The first kappa shape index (κ1) is 16.7. The van der Waals surface area contributed by atoms with Crippen LogP contribution in [0.4, 0.5) is 0 Å². The molecular formula is C13H27ClN2O. The highest BCUT2D eigenvalue weighted by molar-refractivity contribution is 5.85. The van der Waals surface area contributed by atoms with Gasteiger partial charge in [0.1, 0.15) is 0 Å². The largest absolute Gasteiger partial charge is 0.342 e. The Kier molecular flexibility index (Phi) is 7.80. The van der Waals surface area contributed by atoms with Gasteiger partial charge in [-0.1, -0.05) is 26.7 Å². The Hall–Kier alpha value is -0.280. The lowest BCUT2D eigenvalue weighted by Gasteiger charge is -2.33. The Morgan fingerprint density at radius 3 is 2.00 bits per heavy atom.